The van der Waals surface area contributed by atoms with Gasteiger partial charge in [-0.05, 0) is 76.0 Å². The molecule has 166 valence electrons. The molecule has 0 unspecified atom stereocenters. The van der Waals surface area contributed by atoms with Crippen molar-refractivity contribution in [2.24, 2.45) is 5.92 Å². The number of carbonyl (C=O) groups is 2. The SMILES string of the molecule is CC1CCN(C(=O)c2cccc(NC(=O)COc3ccc(C(C)(C)C)cc3Br)c2)CC1. The summed E-state index contributed by atoms with van der Waals surface area (Å²) in [6.07, 6.45) is 2.07. The minimum atomic E-state index is -0.275. The lowest BCUT2D eigenvalue weighted by molar-refractivity contribution is -0.118. The van der Waals surface area contributed by atoms with Crippen LogP contribution in [0.3, 0.4) is 0 Å². The van der Waals surface area contributed by atoms with Gasteiger partial charge in [0, 0.05) is 24.3 Å². The minimum absolute atomic E-state index is 0.0158. The maximum absolute atomic E-state index is 12.8. The van der Waals surface area contributed by atoms with Gasteiger partial charge in [0.05, 0.1) is 4.47 Å². The third-order valence-electron chi connectivity index (χ3n) is 5.62. The van der Waals surface area contributed by atoms with E-state index in [1.165, 1.54) is 5.56 Å². The van der Waals surface area contributed by atoms with Crippen molar-refractivity contribution in [3.05, 3.63) is 58.1 Å². The van der Waals surface area contributed by atoms with Crippen LogP contribution < -0.4 is 10.1 Å². The van der Waals surface area contributed by atoms with Crippen molar-refractivity contribution in [2.75, 3.05) is 25.0 Å². The van der Waals surface area contributed by atoms with Crippen molar-refractivity contribution in [2.45, 2.75) is 46.0 Å². The van der Waals surface area contributed by atoms with Gasteiger partial charge in [-0.3, -0.25) is 9.59 Å². The minimum Gasteiger partial charge on any atom is -0.483 e. The number of halogens is 1. The molecule has 1 aliphatic rings. The number of anilines is 1. The first-order chi connectivity index (χ1) is 14.6. The number of benzene rings is 2. The molecule has 1 N–H and O–H groups in total. The van der Waals surface area contributed by atoms with Crippen molar-refractivity contribution in [1.82, 2.24) is 4.90 Å². The molecular weight excluding hydrogens is 456 g/mol. The number of nitrogens with zero attached hydrogens (tertiary/aromatic N) is 1. The normalized spacial score (nSPS) is 14.9. The van der Waals surface area contributed by atoms with E-state index in [9.17, 15) is 9.59 Å². The zero-order valence-electron chi connectivity index (χ0n) is 18.7. The highest BCUT2D eigenvalue weighted by atomic mass is 79.9. The number of amides is 2. The molecule has 31 heavy (non-hydrogen) atoms. The average Bonchev–Trinajstić information content (AvgIpc) is 2.72. The van der Waals surface area contributed by atoms with Gasteiger partial charge in [-0.25, -0.2) is 0 Å². The monoisotopic (exact) mass is 486 g/mol. The van der Waals surface area contributed by atoms with Crippen LogP contribution in [-0.4, -0.2) is 36.4 Å². The highest BCUT2D eigenvalue weighted by Gasteiger charge is 2.21. The van der Waals surface area contributed by atoms with Crippen molar-refractivity contribution in [3.8, 4) is 5.75 Å². The van der Waals surface area contributed by atoms with E-state index in [1.54, 1.807) is 24.3 Å². The van der Waals surface area contributed by atoms with Gasteiger partial charge < -0.3 is 15.0 Å². The maximum atomic E-state index is 12.8. The van der Waals surface area contributed by atoms with Crippen molar-refractivity contribution >= 4 is 33.4 Å². The average molecular weight is 487 g/mol. The van der Waals surface area contributed by atoms with Crippen LogP contribution in [0.1, 0.15) is 56.5 Å². The van der Waals surface area contributed by atoms with E-state index in [1.807, 2.05) is 23.1 Å². The molecule has 2 aromatic carbocycles. The third-order valence-corrected chi connectivity index (χ3v) is 6.24. The van der Waals surface area contributed by atoms with Crippen molar-refractivity contribution in [1.29, 1.82) is 0 Å². The summed E-state index contributed by atoms with van der Waals surface area (Å²) in [6, 6.07) is 13.0. The van der Waals surface area contributed by atoms with Crippen LogP contribution in [0.2, 0.25) is 0 Å². The van der Waals surface area contributed by atoms with Crippen LogP contribution >= 0.6 is 15.9 Å². The number of rotatable bonds is 5. The second-order valence-electron chi connectivity index (χ2n) is 9.29. The van der Waals surface area contributed by atoms with Crippen LogP contribution in [0.5, 0.6) is 5.75 Å². The fraction of sp³-hybridized carbons (Fsp3) is 0.440. The standard InChI is InChI=1S/C25H31BrN2O3/c1-17-10-12-28(13-11-17)24(30)18-6-5-7-20(14-18)27-23(29)16-31-22-9-8-19(15-21(22)26)25(2,3)4/h5-9,14-15,17H,10-13,16H2,1-4H3,(H,27,29). The van der Waals surface area contributed by atoms with E-state index in [-0.39, 0.29) is 23.8 Å². The second kappa shape index (κ2) is 9.86. The number of nitrogens with one attached hydrogen (secondary N) is 1. The molecule has 3 rings (SSSR count). The molecule has 1 fully saturated rings. The van der Waals surface area contributed by atoms with Gasteiger partial charge in [-0.1, -0.05) is 39.8 Å². The summed E-state index contributed by atoms with van der Waals surface area (Å²) in [5, 5.41) is 2.82. The zero-order valence-corrected chi connectivity index (χ0v) is 20.3. The molecule has 5 nitrogen and oxygen atoms in total. The molecule has 0 bridgehead atoms. The van der Waals surface area contributed by atoms with E-state index in [0.717, 1.165) is 30.4 Å². The Labute approximate surface area is 193 Å². The number of hydrogen-bond acceptors (Lipinski definition) is 3. The summed E-state index contributed by atoms with van der Waals surface area (Å²) in [7, 11) is 0. The van der Waals surface area contributed by atoms with Crippen LogP contribution in [0.25, 0.3) is 0 Å². The molecular formula is C25H31BrN2O3. The first-order valence-electron chi connectivity index (χ1n) is 10.8. The Bertz CT molecular complexity index is 944. The van der Waals surface area contributed by atoms with Gasteiger partial charge in [0.25, 0.3) is 11.8 Å². The molecule has 0 atom stereocenters. The van der Waals surface area contributed by atoms with E-state index in [0.29, 0.717) is 22.9 Å². The van der Waals surface area contributed by atoms with Crippen LogP contribution in [0.4, 0.5) is 5.69 Å². The van der Waals surface area contributed by atoms with E-state index < -0.39 is 0 Å². The molecule has 1 saturated heterocycles. The molecule has 2 amide bonds. The maximum Gasteiger partial charge on any atom is 0.262 e. The number of likely N-dealkylation sites (tertiary alicyclic amines) is 1. The fourth-order valence-electron chi connectivity index (χ4n) is 3.55. The van der Waals surface area contributed by atoms with Gasteiger partial charge in [-0.15, -0.1) is 0 Å². The lowest BCUT2D eigenvalue weighted by Crippen LogP contribution is -2.37. The Balaban J connectivity index is 1.57. The molecule has 2 aromatic rings. The smallest absolute Gasteiger partial charge is 0.262 e. The van der Waals surface area contributed by atoms with Crippen LogP contribution in [-0.2, 0) is 10.2 Å². The van der Waals surface area contributed by atoms with Gasteiger partial charge >= 0.3 is 0 Å². The first-order valence-corrected chi connectivity index (χ1v) is 11.5. The largest absolute Gasteiger partial charge is 0.483 e. The summed E-state index contributed by atoms with van der Waals surface area (Å²) >= 11 is 3.52. The predicted octanol–water partition coefficient (Wildman–Crippen LogP) is 5.64. The number of hydrogen-bond donors (Lipinski definition) is 1. The van der Waals surface area contributed by atoms with Gasteiger partial charge in [0.1, 0.15) is 5.75 Å². The summed E-state index contributed by atoms with van der Waals surface area (Å²) < 4.78 is 6.50. The topological polar surface area (TPSA) is 58.6 Å². The van der Waals surface area contributed by atoms with Crippen molar-refractivity contribution < 1.29 is 14.3 Å². The Morgan fingerprint density at radius 3 is 2.48 bits per heavy atom. The first kappa shape index (κ1) is 23.3. The van der Waals surface area contributed by atoms with Gasteiger partial charge in [-0.2, -0.15) is 0 Å². The molecule has 0 spiro atoms. The lowest BCUT2D eigenvalue weighted by Gasteiger charge is -2.30. The second-order valence-corrected chi connectivity index (χ2v) is 10.1. The zero-order chi connectivity index (χ0) is 22.6. The molecule has 1 heterocycles. The predicted molar refractivity (Wildman–Crippen MR) is 128 cm³/mol. The summed E-state index contributed by atoms with van der Waals surface area (Å²) in [5.74, 6) is 1.02. The molecule has 1 aliphatic heterocycles. The quantitative estimate of drug-likeness (QED) is 0.594. The Kier molecular flexibility index (Phi) is 7.42. The number of carbonyl (C=O) groups excluding carboxylic acids is 2. The van der Waals surface area contributed by atoms with Gasteiger partial charge in [0.15, 0.2) is 6.61 Å². The van der Waals surface area contributed by atoms with E-state index in [2.05, 4.69) is 48.9 Å². The van der Waals surface area contributed by atoms with E-state index >= 15 is 0 Å². The number of ether oxygens (including phenoxy) is 1. The highest BCUT2D eigenvalue weighted by Crippen LogP contribution is 2.31. The fourth-order valence-corrected chi connectivity index (χ4v) is 4.04. The molecule has 0 radical (unpaired) electrons. The molecule has 6 heteroatoms. The Hall–Kier alpha value is -2.34. The molecule has 0 aromatic heterocycles. The lowest BCUT2D eigenvalue weighted by atomic mass is 9.87. The third kappa shape index (κ3) is 6.33. The molecule has 0 aliphatic carbocycles. The van der Waals surface area contributed by atoms with E-state index in [4.69, 9.17) is 4.74 Å². The Morgan fingerprint density at radius 2 is 1.84 bits per heavy atom. The van der Waals surface area contributed by atoms with Crippen LogP contribution in [0, 0.1) is 5.92 Å². The Morgan fingerprint density at radius 1 is 1.13 bits per heavy atom. The molecule has 0 saturated carbocycles. The summed E-state index contributed by atoms with van der Waals surface area (Å²) in [4.78, 5) is 27.1. The summed E-state index contributed by atoms with van der Waals surface area (Å²) in [6.45, 7) is 10.1. The van der Waals surface area contributed by atoms with Crippen LogP contribution in [0.15, 0.2) is 46.9 Å². The van der Waals surface area contributed by atoms with Crippen molar-refractivity contribution in [3.63, 3.8) is 0 Å². The van der Waals surface area contributed by atoms with Gasteiger partial charge in [0.2, 0.25) is 0 Å². The summed E-state index contributed by atoms with van der Waals surface area (Å²) in [5.41, 5.74) is 2.40. The highest BCUT2D eigenvalue weighted by molar-refractivity contribution is 9.10. The number of piperidine rings is 1.